The van der Waals surface area contributed by atoms with Gasteiger partial charge in [-0.2, -0.15) is 0 Å². The van der Waals surface area contributed by atoms with Crippen LogP contribution in [0.5, 0.6) is 11.5 Å². The molecule has 3 aromatic rings. The minimum absolute atomic E-state index is 0.537. The number of rotatable bonds is 12. The number of benzene rings is 2. The Bertz CT molecular complexity index is 882. The molecule has 0 radical (unpaired) electrons. The van der Waals surface area contributed by atoms with Gasteiger partial charge in [-0.05, 0) is 62.3 Å². The van der Waals surface area contributed by atoms with Crippen LogP contribution >= 0.6 is 11.8 Å². The third-order valence-electron chi connectivity index (χ3n) is 4.87. The van der Waals surface area contributed by atoms with Gasteiger partial charge in [0.05, 0.1) is 19.0 Å². The van der Waals surface area contributed by atoms with E-state index in [2.05, 4.69) is 15.1 Å². The molecule has 1 fully saturated rings. The van der Waals surface area contributed by atoms with E-state index in [1.165, 1.54) is 19.5 Å². The summed E-state index contributed by atoms with van der Waals surface area (Å²) in [6.07, 6.45) is 2.39. The third-order valence-corrected chi connectivity index (χ3v) is 5.78. The summed E-state index contributed by atoms with van der Waals surface area (Å²) in [6, 6.07) is 17.7. The summed E-state index contributed by atoms with van der Waals surface area (Å²) in [6.45, 7) is 4.99. The molecule has 0 atom stereocenters. The standard InChI is InChI=1S/C23H27N3O3S/c1-2-6-20(7-3-1)28-16-17-30-18-22-24-25-23(29-22)19-8-10-21(11-9-19)27-15-5-14-26-12-4-13-26/h1-3,6-11H,4-5,12-18H2. The van der Waals surface area contributed by atoms with Crippen molar-refractivity contribution in [3.63, 3.8) is 0 Å². The Labute approximate surface area is 181 Å². The average molecular weight is 426 g/mol. The van der Waals surface area contributed by atoms with Gasteiger partial charge in [-0.15, -0.1) is 22.0 Å². The average Bonchev–Trinajstić information content (AvgIpc) is 3.22. The fourth-order valence-corrected chi connectivity index (χ4v) is 3.74. The molecule has 1 aromatic heterocycles. The summed E-state index contributed by atoms with van der Waals surface area (Å²) >= 11 is 1.71. The monoisotopic (exact) mass is 425 g/mol. The number of likely N-dealkylation sites (tertiary alicyclic amines) is 1. The first-order valence-electron chi connectivity index (χ1n) is 10.4. The molecule has 6 nitrogen and oxygen atoms in total. The summed E-state index contributed by atoms with van der Waals surface area (Å²) in [4.78, 5) is 2.45. The van der Waals surface area contributed by atoms with Crippen LogP contribution in [0.3, 0.4) is 0 Å². The van der Waals surface area contributed by atoms with Crippen LogP contribution in [-0.4, -0.2) is 53.7 Å². The van der Waals surface area contributed by atoms with Crippen LogP contribution in [0.15, 0.2) is 59.0 Å². The summed E-state index contributed by atoms with van der Waals surface area (Å²) in [5.74, 6) is 4.45. The maximum absolute atomic E-state index is 5.82. The second-order valence-corrected chi connectivity index (χ2v) is 8.24. The van der Waals surface area contributed by atoms with Crippen molar-refractivity contribution >= 4 is 11.8 Å². The number of ether oxygens (including phenoxy) is 2. The van der Waals surface area contributed by atoms with E-state index in [9.17, 15) is 0 Å². The maximum Gasteiger partial charge on any atom is 0.247 e. The molecule has 1 saturated heterocycles. The third kappa shape index (κ3) is 6.24. The molecule has 0 amide bonds. The van der Waals surface area contributed by atoms with Gasteiger partial charge in [0, 0.05) is 17.9 Å². The molecule has 30 heavy (non-hydrogen) atoms. The van der Waals surface area contributed by atoms with Gasteiger partial charge in [0.15, 0.2) is 0 Å². The lowest BCUT2D eigenvalue weighted by molar-refractivity contribution is 0.165. The van der Waals surface area contributed by atoms with Crippen molar-refractivity contribution in [3.8, 4) is 23.0 Å². The van der Waals surface area contributed by atoms with Gasteiger partial charge < -0.3 is 18.8 Å². The molecule has 0 bridgehead atoms. The molecule has 0 unspecified atom stereocenters. The molecule has 2 heterocycles. The van der Waals surface area contributed by atoms with Crippen molar-refractivity contribution in [2.24, 2.45) is 0 Å². The van der Waals surface area contributed by atoms with Gasteiger partial charge in [-0.1, -0.05) is 18.2 Å². The number of nitrogens with zero attached hydrogens (tertiary/aromatic N) is 3. The Morgan fingerprint density at radius 3 is 2.43 bits per heavy atom. The summed E-state index contributed by atoms with van der Waals surface area (Å²) in [5.41, 5.74) is 0.902. The first kappa shape index (κ1) is 20.8. The van der Waals surface area contributed by atoms with Crippen molar-refractivity contribution in [2.45, 2.75) is 18.6 Å². The fourth-order valence-electron chi connectivity index (χ4n) is 3.10. The van der Waals surface area contributed by atoms with Crippen molar-refractivity contribution < 1.29 is 13.9 Å². The highest BCUT2D eigenvalue weighted by molar-refractivity contribution is 7.98. The Morgan fingerprint density at radius 2 is 1.67 bits per heavy atom. The zero-order valence-electron chi connectivity index (χ0n) is 17.0. The predicted octanol–water partition coefficient (Wildman–Crippen LogP) is 4.52. The second kappa shape index (κ2) is 11.0. The highest BCUT2D eigenvalue weighted by atomic mass is 32.2. The highest BCUT2D eigenvalue weighted by Crippen LogP contribution is 2.23. The Balaban J connectivity index is 1.15. The summed E-state index contributed by atoms with van der Waals surface area (Å²) < 4.78 is 17.3. The van der Waals surface area contributed by atoms with Gasteiger partial charge in [-0.25, -0.2) is 0 Å². The topological polar surface area (TPSA) is 60.6 Å². The first-order chi connectivity index (χ1) is 14.9. The molecule has 7 heteroatoms. The van der Waals surface area contributed by atoms with E-state index in [0.29, 0.717) is 24.1 Å². The SMILES string of the molecule is c1ccc(OCCSCc2nnc(-c3ccc(OCCCN4CCC4)cc3)o2)cc1. The molecule has 2 aromatic carbocycles. The van der Waals surface area contributed by atoms with Gasteiger partial charge >= 0.3 is 0 Å². The number of hydrogen-bond acceptors (Lipinski definition) is 7. The van der Waals surface area contributed by atoms with Crippen LogP contribution in [-0.2, 0) is 5.75 Å². The van der Waals surface area contributed by atoms with E-state index in [1.54, 1.807) is 11.8 Å². The lowest BCUT2D eigenvalue weighted by atomic mass is 10.2. The van der Waals surface area contributed by atoms with E-state index in [-0.39, 0.29) is 0 Å². The van der Waals surface area contributed by atoms with Crippen molar-refractivity contribution in [2.75, 3.05) is 38.6 Å². The van der Waals surface area contributed by atoms with Crippen LogP contribution in [0.25, 0.3) is 11.5 Å². The van der Waals surface area contributed by atoms with Crippen LogP contribution in [0.2, 0.25) is 0 Å². The molecule has 0 N–H and O–H groups in total. The minimum atomic E-state index is 0.537. The van der Waals surface area contributed by atoms with Crippen LogP contribution in [0.1, 0.15) is 18.7 Å². The van der Waals surface area contributed by atoms with Gasteiger partial charge in [0.1, 0.15) is 11.5 Å². The number of aromatic nitrogens is 2. The van der Waals surface area contributed by atoms with Crippen molar-refractivity contribution in [1.29, 1.82) is 0 Å². The van der Waals surface area contributed by atoms with E-state index in [1.807, 2.05) is 54.6 Å². The van der Waals surface area contributed by atoms with Gasteiger partial charge in [0.25, 0.3) is 0 Å². The zero-order valence-corrected chi connectivity index (χ0v) is 17.9. The number of hydrogen-bond donors (Lipinski definition) is 0. The molecule has 1 aliphatic rings. The zero-order chi connectivity index (χ0) is 20.4. The van der Waals surface area contributed by atoms with E-state index in [0.717, 1.165) is 42.4 Å². The molecule has 0 aliphatic carbocycles. The molecule has 0 spiro atoms. The van der Waals surface area contributed by atoms with Crippen LogP contribution < -0.4 is 9.47 Å². The smallest absolute Gasteiger partial charge is 0.247 e. The van der Waals surface area contributed by atoms with E-state index in [4.69, 9.17) is 13.9 Å². The van der Waals surface area contributed by atoms with Gasteiger partial charge in [0.2, 0.25) is 11.8 Å². The molecule has 0 saturated carbocycles. The second-order valence-electron chi connectivity index (χ2n) is 7.14. The van der Waals surface area contributed by atoms with Crippen molar-refractivity contribution in [3.05, 3.63) is 60.5 Å². The predicted molar refractivity (Wildman–Crippen MR) is 119 cm³/mol. The normalized spacial score (nSPS) is 13.7. The molecular weight excluding hydrogens is 398 g/mol. The summed E-state index contributed by atoms with van der Waals surface area (Å²) in [7, 11) is 0. The largest absolute Gasteiger partial charge is 0.494 e. The molecular formula is C23H27N3O3S. The quantitative estimate of drug-likeness (QED) is 0.395. The molecule has 1 aliphatic heterocycles. The maximum atomic E-state index is 5.82. The van der Waals surface area contributed by atoms with Crippen LogP contribution in [0, 0.1) is 0 Å². The summed E-state index contributed by atoms with van der Waals surface area (Å²) in [5, 5.41) is 8.31. The minimum Gasteiger partial charge on any atom is -0.494 e. The molecule has 158 valence electrons. The fraction of sp³-hybridized carbons (Fsp3) is 0.391. The van der Waals surface area contributed by atoms with E-state index >= 15 is 0 Å². The van der Waals surface area contributed by atoms with Crippen molar-refractivity contribution in [1.82, 2.24) is 15.1 Å². The van der Waals surface area contributed by atoms with E-state index < -0.39 is 0 Å². The Kier molecular flexibility index (Phi) is 7.63. The first-order valence-corrected chi connectivity index (χ1v) is 11.6. The molecule has 4 rings (SSSR count). The van der Waals surface area contributed by atoms with Gasteiger partial charge in [-0.3, -0.25) is 0 Å². The Morgan fingerprint density at radius 1 is 0.900 bits per heavy atom. The lowest BCUT2D eigenvalue weighted by Gasteiger charge is -2.30. The lowest BCUT2D eigenvalue weighted by Crippen LogP contribution is -2.38. The van der Waals surface area contributed by atoms with Crippen LogP contribution in [0.4, 0.5) is 0 Å². The number of para-hydroxylation sites is 1. The Hall–Kier alpha value is -2.51. The number of thioether (sulfide) groups is 1. The highest BCUT2D eigenvalue weighted by Gasteiger charge is 2.12.